The van der Waals surface area contributed by atoms with E-state index in [2.05, 4.69) is 10.4 Å². The number of nitrogens with one attached hydrogen (secondary N) is 1. The molecule has 2 N–H and O–H groups in total. The van der Waals surface area contributed by atoms with Crippen LogP contribution in [-0.2, 0) is 10.3 Å². The number of nitrogens with zero attached hydrogens (tertiary/aromatic N) is 2. The highest BCUT2D eigenvalue weighted by Gasteiger charge is 2.49. The quantitative estimate of drug-likeness (QED) is 0.642. The van der Waals surface area contributed by atoms with Crippen LogP contribution in [0.25, 0.3) is 0 Å². The molecule has 0 bridgehead atoms. The monoisotopic (exact) mass is 367 g/mol. The maximum Gasteiger partial charge on any atom is 0.346 e. The van der Waals surface area contributed by atoms with Crippen LogP contribution >= 0.6 is 0 Å². The lowest BCUT2D eigenvalue weighted by atomic mass is 9.92. The normalized spacial score (nSPS) is 19.6. The van der Waals surface area contributed by atoms with Gasteiger partial charge in [0, 0.05) is 0 Å². The zero-order valence-corrected chi connectivity index (χ0v) is 15.6. The number of carbonyl (C=O) groups is 2. The number of urea groups is 1. The van der Waals surface area contributed by atoms with Crippen LogP contribution in [0, 0.1) is 13.8 Å². The molecular weight excluding hydrogens is 346 g/mol. The molecule has 1 saturated heterocycles. The number of hydrazone groups is 1. The van der Waals surface area contributed by atoms with Gasteiger partial charge in [0.25, 0.3) is 5.91 Å². The third-order valence-corrected chi connectivity index (χ3v) is 4.67. The van der Waals surface area contributed by atoms with E-state index in [9.17, 15) is 14.7 Å². The van der Waals surface area contributed by atoms with Crippen LogP contribution in [0.1, 0.15) is 29.2 Å². The number of imide groups is 1. The maximum absolute atomic E-state index is 12.9. The molecule has 1 aliphatic rings. The molecule has 1 atom stereocenters. The molecular formula is C20H21N3O4. The van der Waals surface area contributed by atoms with Crippen molar-refractivity contribution in [2.75, 3.05) is 7.11 Å². The van der Waals surface area contributed by atoms with Crippen molar-refractivity contribution in [2.45, 2.75) is 26.3 Å². The lowest BCUT2D eigenvalue weighted by molar-refractivity contribution is -0.131. The van der Waals surface area contributed by atoms with Gasteiger partial charge >= 0.3 is 6.03 Å². The van der Waals surface area contributed by atoms with Crippen LogP contribution in [0.15, 0.2) is 41.5 Å². The van der Waals surface area contributed by atoms with Gasteiger partial charge in [-0.2, -0.15) is 5.10 Å². The number of aryl methyl sites for hydroxylation is 2. The van der Waals surface area contributed by atoms with Crippen LogP contribution < -0.4 is 10.1 Å². The third-order valence-electron chi connectivity index (χ3n) is 4.67. The number of phenolic OH excluding ortho intramolecular Hbond substituents is 1. The number of aromatic hydroxyl groups is 1. The summed E-state index contributed by atoms with van der Waals surface area (Å²) in [6, 6.07) is 9.79. The largest absolute Gasteiger partial charge is 0.507 e. The number of phenols is 1. The van der Waals surface area contributed by atoms with Crippen LogP contribution in [-0.4, -0.2) is 35.4 Å². The molecule has 1 fully saturated rings. The highest BCUT2D eigenvalue weighted by atomic mass is 16.5. The van der Waals surface area contributed by atoms with Gasteiger partial charge in [-0.05, 0) is 67.3 Å². The predicted molar refractivity (Wildman–Crippen MR) is 101 cm³/mol. The Bertz CT molecular complexity index is 914. The van der Waals surface area contributed by atoms with Crippen LogP contribution in [0.5, 0.6) is 11.5 Å². The summed E-state index contributed by atoms with van der Waals surface area (Å²) in [6.45, 7) is 5.18. The second kappa shape index (κ2) is 6.75. The summed E-state index contributed by atoms with van der Waals surface area (Å²) in [5.41, 5.74) is 1.49. The highest BCUT2D eigenvalue weighted by Crippen LogP contribution is 2.30. The minimum absolute atomic E-state index is 0.217. The standard InChI is InChI=1S/C20H21N3O4/c1-12-9-14(10-13(2)17(12)24)11-21-23-18(25)20(3,22-19(23)26)15-5-7-16(27-4)8-6-15/h5-11,24H,1-4H3,(H,22,26)/b21-11+/t20-/m0/s1. The number of benzene rings is 2. The lowest BCUT2D eigenvalue weighted by Crippen LogP contribution is -2.40. The molecule has 0 aromatic heterocycles. The number of amides is 3. The zero-order chi connectivity index (χ0) is 19.8. The first-order chi connectivity index (χ1) is 12.8. The minimum Gasteiger partial charge on any atom is -0.507 e. The Kier molecular flexibility index (Phi) is 4.61. The first-order valence-corrected chi connectivity index (χ1v) is 8.41. The Morgan fingerprint density at radius 1 is 1.15 bits per heavy atom. The number of hydrogen-bond acceptors (Lipinski definition) is 5. The van der Waals surface area contributed by atoms with Gasteiger partial charge < -0.3 is 15.2 Å². The van der Waals surface area contributed by atoms with Crippen molar-refractivity contribution >= 4 is 18.2 Å². The molecule has 7 nitrogen and oxygen atoms in total. The van der Waals surface area contributed by atoms with E-state index in [4.69, 9.17) is 4.74 Å². The van der Waals surface area contributed by atoms with E-state index in [1.54, 1.807) is 64.3 Å². The van der Waals surface area contributed by atoms with E-state index >= 15 is 0 Å². The second-order valence-electron chi connectivity index (χ2n) is 6.65. The molecule has 7 heteroatoms. The van der Waals surface area contributed by atoms with E-state index in [1.165, 1.54) is 6.21 Å². The minimum atomic E-state index is -1.21. The van der Waals surface area contributed by atoms with Crippen molar-refractivity contribution < 1.29 is 19.4 Å². The fraction of sp³-hybridized carbons (Fsp3) is 0.250. The molecule has 0 aliphatic carbocycles. The van der Waals surface area contributed by atoms with E-state index in [-0.39, 0.29) is 5.75 Å². The smallest absolute Gasteiger partial charge is 0.346 e. The average molecular weight is 367 g/mol. The van der Waals surface area contributed by atoms with E-state index in [0.29, 0.717) is 28.0 Å². The zero-order valence-electron chi connectivity index (χ0n) is 15.6. The Balaban J connectivity index is 1.87. The molecule has 0 saturated carbocycles. The summed E-state index contributed by atoms with van der Waals surface area (Å²) in [4.78, 5) is 25.2. The average Bonchev–Trinajstić information content (AvgIpc) is 2.87. The van der Waals surface area contributed by atoms with Crippen molar-refractivity contribution in [1.29, 1.82) is 0 Å². The topological polar surface area (TPSA) is 91.2 Å². The molecule has 3 rings (SSSR count). The lowest BCUT2D eigenvalue weighted by Gasteiger charge is -2.21. The van der Waals surface area contributed by atoms with Crippen LogP contribution in [0.3, 0.4) is 0 Å². The number of carbonyl (C=O) groups excluding carboxylic acids is 2. The van der Waals surface area contributed by atoms with Crippen molar-refractivity contribution in [3.8, 4) is 11.5 Å². The Hall–Kier alpha value is -3.35. The molecule has 0 spiro atoms. The summed E-state index contributed by atoms with van der Waals surface area (Å²) in [6.07, 6.45) is 1.43. The predicted octanol–water partition coefficient (Wildman–Crippen LogP) is 2.82. The van der Waals surface area contributed by atoms with Gasteiger partial charge in [-0.3, -0.25) is 4.79 Å². The van der Waals surface area contributed by atoms with Gasteiger partial charge in [0.2, 0.25) is 0 Å². The van der Waals surface area contributed by atoms with Gasteiger partial charge in [0.1, 0.15) is 17.0 Å². The third kappa shape index (κ3) is 3.23. The van der Waals surface area contributed by atoms with Crippen LogP contribution in [0.2, 0.25) is 0 Å². The number of rotatable bonds is 4. The molecule has 0 unspecified atom stereocenters. The van der Waals surface area contributed by atoms with Gasteiger partial charge in [0.15, 0.2) is 0 Å². The molecule has 2 aromatic carbocycles. The van der Waals surface area contributed by atoms with Gasteiger partial charge in [-0.15, -0.1) is 5.01 Å². The Morgan fingerprint density at radius 2 is 1.74 bits per heavy atom. The SMILES string of the molecule is COc1ccc([C@]2(C)NC(=O)N(/N=C/c3cc(C)c(O)c(C)c3)C2=O)cc1. The fourth-order valence-corrected chi connectivity index (χ4v) is 3.04. The van der Waals surface area contributed by atoms with Crippen molar-refractivity contribution in [2.24, 2.45) is 5.10 Å². The second-order valence-corrected chi connectivity index (χ2v) is 6.65. The maximum atomic E-state index is 12.9. The molecule has 140 valence electrons. The van der Waals surface area contributed by atoms with Crippen molar-refractivity contribution in [3.63, 3.8) is 0 Å². The molecule has 0 radical (unpaired) electrons. The number of ether oxygens (including phenoxy) is 1. The van der Waals surface area contributed by atoms with E-state index in [0.717, 1.165) is 5.01 Å². The van der Waals surface area contributed by atoms with Crippen molar-refractivity contribution in [3.05, 3.63) is 58.7 Å². The number of hydrogen-bond donors (Lipinski definition) is 2. The van der Waals surface area contributed by atoms with Gasteiger partial charge in [-0.1, -0.05) is 12.1 Å². The molecule has 27 heavy (non-hydrogen) atoms. The fourth-order valence-electron chi connectivity index (χ4n) is 3.04. The number of methoxy groups -OCH3 is 1. The summed E-state index contributed by atoms with van der Waals surface area (Å²) in [5.74, 6) is 0.405. The molecule has 1 aliphatic heterocycles. The molecule has 2 aromatic rings. The highest BCUT2D eigenvalue weighted by molar-refractivity contribution is 6.07. The molecule has 1 heterocycles. The van der Waals surface area contributed by atoms with Gasteiger partial charge in [0.05, 0.1) is 13.3 Å². The summed E-state index contributed by atoms with van der Waals surface area (Å²) in [7, 11) is 1.56. The summed E-state index contributed by atoms with van der Waals surface area (Å²) in [5, 5.41) is 17.4. The first-order valence-electron chi connectivity index (χ1n) is 8.41. The Morgan fingerprint density at radius 3 is 2.30 bits per heavy atom. The van der Waals surface area contributed by atoms with E-state index < -0.39 is 17.5 Å². The molecule has 3 amide bonds. The van der Waals surface area contributed by atoms with Gasteiger partial charge in [-0.25, -0.2) is 4.79 Å². The van der Waals surface area contributed by atoms with Crippen LogP contribution in [0.4, 0.5) is 4.79 Å². The van der Waals surface area contributed by atoms with Crippen molar-refractivity contribution in [1.82, 2.24) is 10.3 Å². The van der Waals surface area contributed by atoms with E-state index in [1.807, 2.05) is 0 Å². The Labute approximate surface area is 157 Å². The summed E-state index contributed by atoms with van der Waals surface area (Å²) >= 11 is 0. The first kappa shape index (κ1) is 18.4. The summed E-state index contributed by atoms with van der Waals surface area (Å²) < 4.78 is 5.13.